The first-order valence-electron chi connectivity index (χ1n) is 20.7. The molecule has 0 saturated heterocycles. The summed E-state index contributed by atoms with van der Waals surface area (Å²) in [7, 11) is 0. The maximum absolute atomic E-state index is 6.52. The van der Waals surface area contributed by atoms with Gasteiger partial charge in [0, 0.05) is 0 Å². The minimum Gasteiger partial charge on any atom is -0.147 e. The van der Waals surface area contributed by atoms with Crippen LogP contribution in [0.2, 0.25) is 10.0 Å². The molecular weight excluding hydrogens is 894 g/mol. The molecule has 0 radical (unpaired) electrons. The zero-order valence-corrected chi connectivity index (χ0v) is 41.7. The second-order valence-electron chi connectivity index (χ2n) is 18.6. The van der Waals surface area contributed by atoms with Crippen LogP contribution >= 0.6 is 48.0 Å². The van der Waals surface area contributed by atoms with Crippen molar-refractivity contribution in [2.24, 2.45) is 0 Å². The van der Waals surface area contributed by atoms with E-state index in [4.69, 9.17) is 23.2 Å². The molecule has 0 aromatic heterocycles. The summed E-state index contributed by atoms with van der Waals surface area (Å²) < 4.78 is 3.72. The first-order chi connectivity index (χ1) is 27.6. The number of aryl methyl sites for hydroxylation is 2. The smallest absolute Gasteiger partial charge is 0.147 e. The van der Waals surface area contributed by atoms with Gasteiger partial charge < -0.3 is 0 Å². The molecule has 6 aromatic carbocycles. The van der Waals surface area contributed by atoms with Gasteiger partial charge in [0.1, 0.15) is 0 Å². The van der Waals surface area contributed by atoms with E-state index in [9.17, 15) is 0 Å². The maximum atomic E-state index is 6.52. The van der Waals surface area contributed by atoms with Crippen molar-refractivity contribution in [2.45, 2.75) is 89.1 Å². The summed E-state index contributed by atoms with van der Waals surface area (Å²) >= 11 is 10.2. The van der Waals surface area contributed by atoms with Crippen molar-refractivity contribution in [1.82, 2.24) is 0 Å². The van der Waals surface area contributed by atoms with E-state index in [-0.39, 0.29) is 35.6 Å². The quantitative estimate of drug-likeness (QED) is 0.143. The van der Waals surface area contributed by atoms with E-state index >= 15 is 0 Å². The molecule has 2 aliphatic rings. The number of hydrogen-bond acceptors (Lipinski definition) is 0. The van der Waals surface area contributed by atoms with Crippen LogP contribution in [0, 0.1) is 13.8 Å². The standard InChI is InChI=1S/C33H31Cl2.C17H18.C5H5.2ClH.Zr/c1-32(2,3)30-18-26-22(16-28(30)20-7-11-24(34)12-8-20)15-23-17-29(21-9-13-25(35)14-10-21)31(19-27(23)26)33(4,5)6;1-14-6-10-16(11-7-14)4-3-5-17-12-8-15(2)9-13-17;1-2-4-5-3-1;;;/h7-19H,1-6H3;6-13H,4-5H2,1-2H3;1-3H,4H2;2*1H;. The van der Waals surface area contributed by atoms with Gasteiger partial charge in [-0.05, 0) is 0 Å². The fraction of sp³-hybridized carbons (Fsp3) is 0.255. The van der Waals surface area contributed by atoms with Crippen molar-refractivity contribution < 1.29 is 21.3 Å². The molecule has 0 unspecified atom stereocenters. The van der Waals surface area contributed by atoms with Crippen LogP contribution in [0.15, 0.2) is 143 Å². The van der Waals surface area contributed by atoms with E-state index in [2.05, 4.69) is 171 Å². The second-order valence-corrected chi connectivity index (χ2v) is 26.2. The second kappa shape index (κ2) is 18.6. The van der Waals surface area contributed by atoms with E-state index < -0.39 is 21.3 Å². The Hall–Kier alpha value is -3.29. The molecule has 5 heteroatoms. The number of rotatable bonds is 8. The van der Waals surface area contributed by atoms with Gasteiger partial charge >= 0.3 is 368 Å². The van der Waals surface area contributed by atoms with Crippen LogP contribution in [0.5, 0.6) is 0 Å². The topological polar surface area (TPSA) is 0 Å². The predicted octanol–water partition coefficient (Wildman–Crippen LogP) is 16.6. The largest absolute Gasteiger partial charge is 0.147 e. The Labute approximate surface area is 389 Å². The molecule has 0 atom stereocenters. The summed E-state index contributed by atoms with van der Waals surface area (Å²) in [5, 5.41) is 1.53. The van der Waals surface area contributed by atoms with Crippen molar-refractivity contribution in [3.8, 4) is 33.4 Å². The molecule has 308 valence electrons. The summed E-state index contributed by atoms with van der Waals surface area (Å²) in [4.78, 5) is 0. The van der Waals surface area contributed by atoms with Crippen LogP contribution in [-0.4, -0.2) is 3.21 Å². The first-order valence-corrected chi connectivity index (χ1v) is 25.4. The maximum Gasteiger partial charge on any atom is -0.147 e. The Morgan fingerprint density at radius 2 is 0.950 bits per heavy atom. The monoisotopic (exact) mass is 946 g/mol. The average molecular weight is 950 g/mol. The fourth-order valence-corrected chi connectivity index (χ4v) is 18.5. The normalized spacial score (nSPS) is 13.3. The molecular formula is C55H56Cl4Zr. The molecule has 2 aliphatic carbocycles. The van der Waals surface area contributed by atoms with Crippen LogP contribution in [0.1, 0.15) is 96.1 Å². The van der Waals surface area contributed by atoms with Gasteiger partial charge in [-0.1, -0.05) is 0 Å². The minimum absolute atomic E-state index is 0. The summed E-state index contributed by atoms with van der Waals surface area (Å²) in [5.74, 6) is 0. The molecule has 0 fully saturated rings. The van der Waals surface area contributed by atoms with Gasteiger partial charge in [0.15, 0.2) is 0 Å². The zero-order valence-electron chi connectivity index (χ0n) is 36.1. The third kappa shape index (κ3) is 9.68. The third-order valence-electron chi connectivity index (χ3n) is 12.1. The molecule has 0 aliphatic heterocycles. The van der Waals surface area contributed by atoms with E-state index in [0.717, 1.165) is 29.3 Å². The zero-order chi connectivity index (χ0) is 40.9. The van der Waals surface area contributed by atoms with Gasteiger partial charge in [-0.3, -0.25) is 0 Å². The van der Waals surface area contributed by atoms with Crippen molar-refractivity contribution in [2.75, 3.05) is 0 Å². The molecule has 0 N–H and O–H groups in total. The van der Waals surface area contributed by atoms with E-state index in [1.165, 1.54) is 77.9 Å². The molecule has 0 amide bonds. The van der Waals surface area contributed by atoms with Crippen LogP contribution in [0.4, 0.5) is 0 Å². The Balaban J connectivity index is 0.00000302. The Bertz CT molecular complexity index is 2430. The van der Waals surface area contributed by atoms with E-state index in [1.54, 1.807) is 6.49 Å². The number of halogens is 4. The van der Waals surface area contributed by atoms with Gasteiger partial charge in [-0.2, -0.15) is 0 Å². The molecule has 0 saturated carbocycles. The average Bonchev–Trinajstić information content (AvgIpc) is 3.82. The molecule has 6 aromatic rings. The van der Waals surface area contributed by atoms with Crippen LogP contribution in [0.25, 0.3) is 33.4 Å². The Morgan fingerprint density at radius 3 is 1.30 bits per heavy atom. The van der Waals surface area contributed by atoms with E-state index in [1.807, 2.05) is 24.3 Å². The Kier molecular flexibility index (Phi) is 14.3. The van der Waals surface area contributed by atoms with Crippen molar-refractivity contribution >= 4 is 51.2 Å². The number of fused-ring (bicyclic) bond motifs is 3. The molecule has 0 heterocycles. The van der Waals surface area contributed by atoms with Crippen molar-refractivity contribution in [3.63, 3.8) is 0 Å². The van der Waals surface area contributed by atoms with Gasteiger partial charge in [0.2, 0.25) is 0 Å². The summed E-state index contributed by atoms with van der Waals surface area (Å²) in [6.45, 7) is 18.5. The van der Waals surface area contributed by atoms with Gasteiger partial charge in [0.05, 0.1) is 0 Å². The summed E-state index contributed by atoms with van der Waals surface area (Å²) in [6, 6.07) is 46.0. The predicted molar refractivity (Wildman–Crippen MR) is 263 cm³/mol. The van der Waals surface area contributed by atoms with Crippen LogP contribution < -0.4 is 0 Å². The molecule has 0 spiro atoms. The van der Waals surface area contributed by atoms with Crippen LogP contribution in [0.3, 0.4) is 0 Å². The summed E-state index contributed by atoms with van der Waals surface area (Å²) in [6.07, 6.45) is 10.3. The number of allylic oxidation sites excluding steroid dienone is 4. The third-order valence-corrected chi connectivity index (χ3v) is 20.9. The van der Waals surface area contributed by atoms with Gasteiger partial charge in [-0.15, -0.1) is 24.8 Å². The Morgan fingerprint density at radius 1 is 0.550 bits per heavy atom. The summed E-state index contributed by atoms with van der Waals surface area (Å²) in [5.41, 5.74) is 18.9. The number of hydrogen-bond donors (Lipinski definition) is 0. The van der Waals surface area contributed by atoms with E-state index in [0.29, 0.717) is 3.63 Å². The molecule has 60 heavy (non-hydrogen) atoms. The van der Waals surface area contributed by atoms with Gasteiger partial charge in [0.25, 0.3) is 0 Å². The number of benzene rings is 6. The fourth-order valence-electron chi connectivity index (χ4n) is 9.05. The SMILES string of the molecule is Cc1ccc(C[C](Cc2ccc(C)cc2)=[Zr]([C]2=CC=CC2)[CH]2c3cc(-c4ccc(Cl)cc4)c(C(C)(C)C)cc3-c3cc(C(C)(C)C)c(-c4ccc(Cl)cc4)cc32)cc1.Cl.Cl. The van der Waals surface area contributed by atoms with Crippen molar-refractivity contribution in [1.29, 1.82) is 0 Å². The van der Waals surface area contributed by atoms with Crippen molar-refractivity contribution in [3.05, 3.63) is 197 Å². The molecule has 8 rings (SSSR count). The minimum atomic E-state index is -2.87. The molecule has 0 nitrogen and oxygen atoms in total. The van der Waals surface area contributed by atoms with Gasteiger partial charge in [-0.25, -0.2) is 0 Å². The molecule has 0 bridgehead atoms. The van der Waals surface area contributed by atoms with Crippen LogP contribution in [-0.2, 0) is 44.9 Å². The first kappa shape index (κ1) is 46.2.